The standard InChI is InChI=1S/C30H45N3O6/c1-9-38-20-12-10-19(11-13-20)31-24(35)21-22-26(37)33(18(2)16-34)23(30(22)15-14-29(21,8)39-30)25(36)32-28(6,7)17-27(3,4)5/h10-13,18,21-23,34H,9,14-17H2,1-8H3,(H,31,35)(H,32,36)/t18-,21+,22+,23?,29-,30?/m1/s1. The molecule has 6 atom stereocenters. The van der Waals surface area contributed by atoms with Gasteiger partial charge >= 0.3 is 0 Å². The van der Waals surface area contributed by atoms with Crippen LogP contribution in [-0.4, -0.2) is 69.8 Å². The monoisotopic (exact) mass is 543 g/mol. The quantitative estimate of drug-likeness (QED) is 0.439. The van der Waals surface area contributed by atoms with Crippen LogP contribution in [0.25, 0.3) is 0 Å². The second-order valence-electron chi connectivity index (χ2n) is 13.6. The Morgan fingerprint density at radius 1 is 1.15 bits per heavy atom. The smallest absolute Gasteiger partial charge is 0.246 e. The van der Waals surface area contributed by atoms with Crippen LogP contribution in [0.4, 0.5) is 5.69 Å². The molecule has 0 radical (unpaired) electrons. The van der Waals surface area contributed by atoms with Crippen LogP contribution < -0.4 is 15.4 Å². The molecule has 9 heteroatoms. The molecule has 3 aliphatic heterocycles. The summed E-state index contributed by atoms with van der Waals surface area (Å²) in [5.74, 6) is -1.84. The van der Waals surface area contributed by atoms with Gasteiger partial charge in [0.05, 0.1) is 36.7 Å². The molecule has 3 amide bonds. The van der Waals surface area contributed by atoms with Crippen LogP contribution >= 0.6 is 0 Å². The van der Waals surface area contributed by atoms with E-state index in [1.165, 1.54) is 4.90 Å². The van der Waals surface area contributed by atoms with Crippen molar-refractivity contribution in [2.45, 2.75) is 103 Å². The van der Waals surface area contributed by atoms with Gasteiger partial charge in [-0.05, 0) is 83.6 Å². The maximum absolute atomic E-state index is 14.1. The Labute approximate surface area is 232 Å². The number of likely N-dealkylation sites (tertiary alicyclic amines) is 1. The number of fused-ring (bicyclic) bond motifs is 1. The van der Waals surface area contributed by atoms with Gasteiger partial charge in [0, 0.05) is 11.2 Å². The van der Waals surface area contributed by atoms with E-state index in [9.17, 15) is 19.5 Å². The lowest BCUT2D eigenvalue weighted by Gasteiger charge is -2.39. The third-order valence-corrected chi connectivity index (χ3v) is 8.35. The van der Waals surface area contributed by atoms with Gasteiger partial charge in [0.2, 0.25) is 17.7 Å². The normalized spacial score (nSPS) is 30.7. The van der Waals surface area contributed by atoms with E-state index in [1.54, 1.807) is 31.2 Å². The number of aliphatic hydroxyl groups is 1. The average molecular weight is 544 g/mol. The molecule has 9 nitrogen and oxygen atoms in total. The highest BCUT2D eigenvalue weighted by Gasteiger charge is 2.78. The van der Waals surface area contributed by atoms with E-state index in [0.29, 0.717) is 30.9 Å². The number of nitrogens with zero attached hydrogens (tertiary/aromatic N) is 1. The minimum absolute atomic E-state index is 0.0268. The SMILES string of the molecule is CCOc1ccc(NC(=O)[C@@H]2[C@H]3C(=O)N([C@H](C)CO)C(C(=O)NC(C)(C)CC(C)(C)C)C34CC[C@@]2(C)O4)cc1. The lowest BCUT2D eigenvalue weighted by atomic mass is 9.66. The molecule has 0 aliphatic carbocycles. The third kappa shape index (κ3) is 5.27. The predicted molar refractivity (Wildman–Crippen MR) is 148 cm³/mol. The Morgan fingerprint density at radius 2 is 1.79 bits per heavy atom. The average Bonchev–Trinajstić information content (AvgIpc) is 3.38. The van der Waals surface area contributed by atoms with Crippen molar-refractivity contribution in [3.8, 4) is 5.75 Å². The highest BCUT2D eigenvalue weighted by molar-refractivity contribution is 6.02. The molecule has 3 heterocycles. The summed E-state index contributed by atoms with van der Waals surface area (Å²) in [6, 6.07) is 5.54. The van der Waals surface area contributed by atoms with Crippen LogP contribution in [0.2, 0.25) is 0 Å². The van der Waals surface area contributed by atoms with Crippen LogP contribution in [0.15, 0.2) is 24.3 Å². The molecule has 3 N–H and O–H groups in total. The number of hydrogen-bond donors (Lipinski definition) is 3. The van der Waals surface area contributed by atoms with Gasteiger partial charge in [-0.2, -0.15) is 0 Å². The molecular weight excluding hydrogens is 498 g/mol. The lowest BCUT2D eigenvalue weighted by Crippen LogP contribution is -2.61. The Morgan fingerprint density at radius 3 is 2.36 bits per heavy atom. The molecule has 2 bridgehead atoms. The zero-order chi connectivity index (χ0) is 29.0. The Bertz CT molecular complexity index is 1110. The lowest BCUT2D eigenvalue weighted by molar-refractivity contribution is -0.149. The molecule has 39 heavy (non-hydrogen) atoms. The van der Waals surface area contributed by atoms with Crippen LogP contribution in [0.1, 0.15) is 74.7 Å². The number of hydrogen-bond acceptors (Lipinski definition) is 6. The van der Waals surface area contributed by atoms with E-state index in [4.69, 9.17) is 9.47 Å². The fourth-order valence-corrected chi connectivity index (χ4v) is 7.42. The van der Waals surface area contributed by atoms with Crippen LogP contribution in [-0.2, 0) is 19.1 Å². The first-order chi connectivity index (χ1) is 18.1. The predicted octanol–water partition coefficient (Wildman–Crippen LogP) is 3.50. The Hall–Kier alpha value is -2.65. The molecule has 0 saturated carbocycles. The van der Waals surface area contributed by atoms with Gasteiger partial charge in [-0.25, -0.2) is 0 Å². The van der Waals surface area contributed by atoms with Gasteiger partial charge < -0.3 is 30.1 Å². The minimum Gasteiger partial charge on any atom is -0.494 e. The maximum atomic E-state index is 14.1. The van der Waals surface area contributed by atoms with Crippen molar-refractivity contribution in [2.24, 2.45) is 17.3 Å². The van der Waals surface area contributed by atoms with Crippen LogP contribution in [0, 0.1) is 17.3 Å². The summed E-state index contributed by atoms with van der Waals surface area (Å²) >= 11 is 0. The van der Waals surface area contributed by atoms with Crippen molar-refractivity contribution in [1.29, 1.82) is 0 Å². The van der Waals surface area contributed by atoms with E-state index in [0.717, 1.165) is 6.42 Å². The van der Waals surface area contributed by atoms with Crippen molar-refractivity contribution < 1.29 is 29.0 Å². The van der Waals surface area contributed by atoms with E-state index >= 15 is 0 Å². The molecule has 1 aromatic carbocycles. The maximum Gasteiger partial charge on any atom is 0.246 e. The van der Waals surface area contributed by atoms with Crippen molar-refractivity contribution in [3.63, 3.8) is 0 Å². The number of aliphatic hydroxyl groups excluding tert-OH is 1. The van der Waals surface area contributed by atoms with Gasteiger partial charge in [-0.1, -0.05) is 20.8 Å². The summed E-state index contributed by atoms with van der Waals surface area (Å²) < 4.78 is 12.1. The molecule has 2 unspecified atom stereocenters. The highest BCUT2D eigenvalue weighted by Crippen LogP contribution is 2.63. The largest absolute Gasteiger partial charge is 0.494 e. The number of benzene rings is 1. The van der Waals surface area contributed by atoms with Gasteiger partial charge in [0.15, 0.2) is 0 Å². The number of carbonyl (C=O) groups excluding carboxylic acids is 3. The van der Waals surface area contributed by atoms with Crippen LogP contribution in [0.5, 0.6) is 5.75 Å². The van der Waals surface area contributed by atoms with Crippen molar-refractivity contribution in [2.75, 3.05) is 18.5 Å². The molecule has 1 aromatic rings. The first-order valence-corrected chi connectivity index (χ1v) is 14.1. The summed E-state index contributed by atoms with van der Waals surface area (Å²) in [4.78, 5) is 43.3. The van der Waals surface area contributed by atoms with Crippen molar-refractivity contribution in [1.82, 2.24) is 10.2 Å². The number of rotatable bonds is 9. The highest BCUT2D eigenvalue weighted by atomic mass is 16.5. The van der Waals surface area contributed by atoms with E-state index < -0.39 is 40.7 Å². The molecule has 4 rings (SSSR count). The number of nitrogens with one attached hydrogen (secondary N) is 2. The summed E-state index contributed by atoms with van der Waals surface area (Å²) in [6.07, 6.45) is 1.76. The first-order valence-electron chi connectivity index (χ1n) is 14.1. The molecule has 3 aliphatic rings. The molecule has 1 spiro atoms. The summed E-state index contributed by atoms with van der Waals surface area (Å²) in [7, 11) is 0. The molecular formula is C30H45N3O6. The number of anilines is 1. The zero-order valence-corrected chi connectivity index (χ0v) is 24.6. The topological polar surface area (TPSA) is 117 Å². The zero-order valence-electron chi connectivity index (χ0n) is 24.6. The van der Waals surface area contributed by atoms with E-state index in [-0.39, 0.29) is 29.7 Å². The first kappa shape index (κ1) is 29.3. The fourth-order valence-electron chi connectivity index (χ4n) is 7.42. The Kier molecular flexibility index (Phi) is 7.58. The minimum atomic E-state index is -1.14. The fraction of sp³-hybridized carbons (Fsp3) is 0.700. The number of amides is 3. The number of ether oxygens (including phenoxy) is 2. The molecule has 0 aromatic heterocycles. The molecule has 3 fully saturated rings. The third-order valence-electron chi connectivity index (χ3n) is 8.35. The summed E-state index contributed by atoms with van der Waals surface area (Å²) in [5.41, 5.74) is -2.00. The van der Waals surface area contributed by atoms with Gasteiger partial charge in [-0.3, -0.25) is 14.4 Å². The molecule has 216 valence electrons. The second-order valence-corrected chi connectivity index (χ2v) is 13.6. The molecule has 3 saturated heterocycles. The van der Waals surface area contributed by atoms with Gasteiger partial charge in [0.1, 0.15) is 17.4 Å². The van der Waals surface area contributed by atoms with Crippen molar-refractivity contribution in [3.05, 3.63) is 24.3 Å². The van der Waals surface area contributed by atoms with Gasteiger partial charge in [0.25, 0.3) is 0 Å². The van der Waals surface area contributed by atoms with Gasteiger partial charge in [-0.15, -0.1) is 0 Å². The second kappa shape index (κ2) is 10.1. The Balaban J connectivity index is 1.66. The van der Waals surface area contributed by atoms with Crippen LogP contribution in [0.3, 0.4) is 0 Å². The van der Waals surface area contributed by atoms with E-state index in [1.807, 2.05) is 27.7 Å². The number of carbonyl (C=O) groups is 3. The summed E-state index contributed by atoms with van der Waals surface area (Å²) in [5, 5.41) is 16.2. The summed E-state index contributed by atoms with van der Waals surface area (Å²) in [6.45, 7) is 16.0. The van der Waals surface area contributed by atoms with Crippen molar-refractivity contribution >= 4 is 23.4 Å². The van der Waals surface area contributed by atoms with E-state index in [2.05, 4.69) is 31.4 Å².